The van der Waals surface area contributed by atoms with Crippen LogP contribution < -0.4 is 5.32 Å². The molecule has 4 nitrogen and oxygen atoms in total. The van der Waals surface area contributed by atoms with Crippen molar-refractivity contribution in [3.8, 4) is 12.3 Å². The molecule has 2 aromatic rings. The molecule has 0 aliphatic heterocycles. The molecule has 0 saturated carbocycles. The summed E-state index contributed by atoms with van der Waals surface area (Å²) in [7, 11) is 0. The monoisotopic (exact) mass is 337 g/mol. The molecule has 98 valence electrons. The van der Waals surface area contributed by atoms with Crippen LogP contribution in [-0.2, 0) is 12.3 Å². The van der Waals surface area contributed by atoms with Gasteiger partial charge in [-0.15, -0.1) is 18.2 Å². The Morgan fingerprint density at radius 2 is 2.16 bits per heavy atom. The number of terminal acetylenes is 1. The minimum atomic E-state index is 0.491. The predicted octanol–water partition coefficient (Wildman–Crippen LogP) is 2.85. The molecule has 0 radical (unpaired) electrons. The van der Waals surface area contributed by atoms with Crippen LogP contribution in [0.3, 0.4) is 0 Å². The van der Waals surface area contributed by atoms with Gasteiger partial charge < -0.3 is 4.52 Å². The van der Waals surface area contributed by atoms with E-state index in [4.69, 9.17) is 10.9 Å². The summed E-state index contributed by atoms with van der Waals surface area (Å²) in [4.78, 5) is 5.44. The van der Waals surface area contributed by atoms with Crippen LogP contribution in [0.5, 0.6) is 0 Å². The zero-order chi connectivity index (χ0) is 13.5. The van der Waals surface area contributed by atoms with Gasteiger partial charge in [0.05, 0.1) is 18.8 Å². The summed E-state index contributed by atoms with van der Waals surface area (Å²) in [5.74, 6) is 4.41. The molecule has 1 aromatic heterocycles. The van der Waals surface area contributed by atoms with Crippen molar-refractivity contribution in [3.63, 3.8) is 0 Å². The molecule has 0 aliphatic rings. The van der Waals surface area contributed by atoms with Gasteiger partial charge in [0.15, 0.2) is 5.82 Å². The Labute approximate surface area is 124 Å². The van der Waals surface area contributed by atoms with Crippen molar-refractivity contribution in [1.29, 1.82) is 0 Å². The molecule has 1 N–H and O–H groups in total. The third-order valence-electron chi connectivity index (χ3n) is 2.20. The van der Waals surface area contributed by atoms with Gasteiger partial charge in [-0.1, -0.05) is 27.0 Å². The Morgan fingerprint density at radius 1 is 1.37 bits per heavy atom. The summed E-state index contributed by atoms with van der Waals surface area (Å²) in [6.45, 7) is 0.992. The zero-order valence-electron chi connectivity index (χ0n) is 10.1. The quantitative estimate of drug-likeness (QED) is 0.499. The van der Waals surface area contributed by atoms with Crippen LogP contribution in [0.1, 0.15) is 11.7 Å². The van der Waals surface area contributed by atoms with Crippen molar-refractivity contribution in [2.24, 2.45) is 0 Å². The molecule has 0 aliphatic carbocycles. The van der Waals surface area contributed by atoms with Crippen LogP contribution in [0.15, 0.2) is 38.2 Å². The van der Waals surface area contributed by atoms with Gasteiger partial charge in [0.2, 0.25) is 5.89 Å². The molecule has 1 aromatic carbocycles. The highest BCUT2D eigenvalue weighted by molar-refractivity contribution is 9.10. The van der Waals surface area contributed by atoms with E-state index in [9.17, 15) is 0 Å². The summed E-state index contributed by atoms with van der Waals surface area (Å²) < 4.78 is 6.17. The Kier molecular flexibility index (Phi) is 5.45. The summed E-state index contributed by atoms with van der Waals surface area (Å²) in [5.41, 5.74) is 0. The Hall–Kier alpha value is -1.29. The number of halogens is 1. The minimum absolute atomic E-state index is 0.491. The lowest BCUT2D eigenvalue weighted by Gasteiger charge is -1.98. The van der Waals surface area contributed by atoms with E-state index in [1.165, 1.54) is 4.90 Å². The largest absolute Gasteiger partial charge is 0.338 e. The topological polar surface area (TPSA) is 51.0 Å². The maximum atomic E-state index is 5.13. The van der Waals surface area contributed by atoms with Crippen LogP contribution in [0.25, 0.3) is 0 Å². The number of hydrogen-bond donors (Lipinski definition) is 1. The Morgan fingerprint density at radius 3 is 2.89 bits per heavy atom. The van der Waals surface area contributed by atoms with Crippen molar-refractivity contribution >= 4 is 27.7 Å². The number of rotatable bonds is 6. The number of aromatic nitrogens is 2. The second-order valence-electron chi connectivity index (χ2n) is 3.65. The number of benzene rings is 1. The zero-order valence-corrected chi connectivity index (χ0v) is 12.5. The van der Waals surface area contributed by atoms with E-state index in [0.717, 1.165) is 4.47 Å². The van der Waals surface area contributed by atoms with Crippen molar-refractivity contribution in [3.05, 3.63) is 40.5 Å². The lowest BCUT2D eigenvalue weighted by molar-refractivity contribution is 0.366. The summed E-state index contributed by atoms with van der Waals surface area (Å²) in [5, 5.41) is 6.92. The first-order valence-electron chi connectivity index (χ1n) is 5.62. The van der Waals surface area contributed by atoms with Crippen molar-refractivity contribution in [2.75, 3.05) is 6.54 Å². The molecule has 0 unspecified atom stereocenters. The second kappa shape index (κ2) is 7.34. The normalized spacial score (nSPS) is 10.3. The van der Waals surface area contributed by atoms with Crippen LogP contribution in [0.4, 0.5) is 0 Å². The van der Waals surface area contributed by atoms with Gasteiger partial charge in [0.1, 0.15) is 0 Å². The smallest absolute Gasteiger partial charge is 0.240 e. The lowest BCUT2D eigenvalue weighted by Crippen LogP contribution is -2.13. The van der Waals surface area contributed by atoms with Gasteiger partial charge in [-0.3, -0.25) is 5.32 Å². The first-order chi connectivity index (χ1) is 9.28. The van der Waals surface area contributed by atoms with Gasteiger partial charge in [-0.25, -0.2) is 0 Å². The molecule has 0 spiro atoms. The van der Waals surface area contributed by atoms with Crippen LogP contribution in [-0.4, -0.2) is 16.7 Å². The highest BCUT2D eigenvalue weighted by Gasteiger charge is 2.06. The Balaban J connectivity index is 1.83. The first-order valence-corrected chi connectivity index (χ1v) is 7.40. The number of thioether (sulfide) groups is 1. The van der Waals surface area contributed by atoms with Crippen LogP contribution in [0, 0.1) is 12.3 Å². The lowest BCUT2D eigenvalue weighted by atomic mass is 10.4. The molecule has 6 heteroatoms. The van der Waals surface area contributed by atoms with E-state index in [-0.39, 0.29) is 0 Å². The summed E-state index contributed by atoms with van der Waals surface area (Å²) in [6.07, 6.45) is 5.13. The Bertz CT molecular complexity index is 562. The van der Waals surface area contributed by atoms with Crippen LogP contribution >= 0.6 is 27.7 Å². The molecule has 0 bridgehead atoms. The predicted molar refractivity (Wildman–Crippen MR) is 78.5 cm³/mol. The number of nitrogens with zero attached hydrogens (tertiary/aromatic N) is 2. The molecule has 0 amide bonds. The van der Waals surface area contributed by atoms with E-state index in [2.05, 4.69) is 37.3 Å². The van der Waals surface area contributed by atoms with E-state index >= 15 is 0 Å². The molecule has 0 fully saturated rings. The highest BCUT2D eigenvalue weighted by atomic mass is 79.9. The standard InChI is InChI=1S/C13H12BrN3OS/c1-2-7-15-8-13-16-12(17-18-13)9-19-11-5-3-10(14)4-6-11/h1,3-6,15H,7-9H2. The number of hydrogen-bond acceptors (Lipinski definition) is 5. The fourth-order valence-electron chi connectivity index (χ4n) is 1.34. The highest BCUT2D eigenvalue weighted by Crippen LogP contribution is 2.23. The molecule has 1 heterocycles. The number of nitrogens with one attached hydrogen (secondary N) is 1. The average Bonchev–Trinajstić information content (AvgIpc) is 2.86. The fraction of sp³-hybridized carbons (Fsp3) is 0.231. The maximum Gasteiger partial charge on any atom is 0.240 e. The maximum absolute atomic E-state index is 5.13. The van der Waals surface area contributed by atoms with Gasteiger partial charge in [0.25, 0.3) is 0 Å². The van der Waals surface area contributed by atoms with Crippen molar-refractivity contribution in [2.45, 2.75) is 17.2 Å². The van der Waals surface area contributed by atoms with Gasteiger partial charge in [0, 0.05) is 9.37 Å². The van der Waals surface area contributed by atoms with Gasteiger partial charge >= 0.3 is 0 Å². The third-order valence-corrected chi connectivity index (χ3v) is 3.73. The first kappa shape index (κ1) is 14.1. The third kappa shape index (κ3) is 4.71. The molecule has 19 heavy (non-hydrogen) atoms. The minimum Gasteiger partial charge on any atom is -0.338 e. The molecule has 2 rings (SSSR count). The fourth-order valence-corrected chi connectivity index (χ4v) is 2.35. The average molecular weight is 338 g/mol. The molecular weight excluding hydrogens is 326 g/mol. The molecular formula is C13H12BrN3OS. The van der Waals surface area contributed by atoms with E-state index < -0.39 is 0 Å². The summed E-state index contributed by atoms with van der Waals surface area (Å²) in [6, 6.07) is 8.11. The molecule has 0 saturated heterocycles. The van der Waals surface area contributed by atoms with Crippen molar-refractivity contribution in [1.82, 2.24) is 15.5 Å². The summed E-state index contributed by atoms with van der Waals surface area (Å²) >= 11 is 5.07. The van der Waals surface area contributed by atoms with E-state index in [1.54, 1.807) is 11.8 Å². The van der Waals surface area contributed by atoms with E-state index in [0.29, 0.717) is 30.6 Å². The second-order valence-corrected chi connectivity index (χ2v) is 5.62. The van der Waals surface area contributed by atoms with Gasteiger partial charge in [-0.05, 0) is 24.3 Å². The SMILES string of the molecule is C#CCNCc1nc(CSc2ccc(Br)cc2)no1. The van der Waals surface area contributed by atoms with Gasteiger partial charge in [-0.2, -0.15) is 4.98 Å². The van der Waals surface area contributed by atoms with Crippen LogP contribution in [0.2, 0.25) is 0 Å². The van der Waals surface area contributed by atoms with E-state index in [1.807, 2.05) is 24.3 Å². The van der Waals surface area contributed by atoms with Crippen molar-refractivity contribution < 1.29 is 4.52 Å². The molecule has 0 atom stereocenters.